The first-order chi connectivity index (χ1) is 22.6. The van der Waals surface area contributed by atoms with Gasteiger partial charge in [-0.2, -0.15) is 9.97 Å². The highest BCUT2D eigenvalue weighted by Crippen LogP contribution is 2.31. The summed E-state index contributed by atoms with van der Waals surface area (Å²) in [5.74, 6) is 0.498. The molecule has 0 aliphatic heterocycles. The average Bonchev–Trinajstić information content (AvgIpc) is 3.11. The van der Waals surface area contributed by atoms with Gasteiger partial charge in [-0.15, -0.1) is 0 Å². The Morgan fingerprint density at radius 1 is 0.826 bits per heavy atom. The van der Waals surface area contributed by atoms with Gasteiger partial charge in [0.25, 0.3) is 5.56 Å². The number of fused-ring (bicyclic) bond motifs is 2. The summed E-state index contributed by atoms with van der Waals surface area (Å²) in [6.07, 6.45) is 5.03. The van der Waals surface area contributed by atoms with E-state index in [1.165, 1.54) is 7.11 Å². The molecule has 7 aromatic rings. The lowest BCUT2D eigenvalue weighted by Gasteiger charge is -2.22. The van der Waals surface area contributed by atoms with Crippen molar-refractivity contribution in [3.63, 3.8) is 0 Å². The maximum Gasteiger partial charge on any atom is 0.319 e. The van der Waals surface area contributed by atoms with Crippen LogP contribution in [0, 0.1) is 0 Å². The first kappa shape index (κ1) is 28.6. The fourth-order valence-corrected chi connectivity index (χ4v) is 5.46. The molecule has 0 fully saturated rings. The molecule has 46 heavy (non-hydrogen) atoms. The van der Waals surface area contributed by atoms with E-state index in [1.54, 1.807) is 23.2 Å². The summed E-state index contributed by atoms with van der Waals surface area (Å²) in [5, 5.41) is 4.85. The molecule has 0 unspecified atom stereocenters. The molecule has 0 aliphatic carbocycles. The number of aromatic nitrogens is 6. The molecule has 1 N–H and O–H groups in total. The van der Waals surface area contributed by atoms with Crippen LogP contribution in [-0.4, -0.2) is 36.6 Å². The third-order valence-corrected chi connectivity index (χ3v) is 7.65. The highest BCUT2D eigenvalue weighted by Gasteiger charge is 2.21. The Bertz CT molecular complexity index is 2210. The van der Waals surface area contributed by atoms with E-state index in [0.717, 1.165) is 27.9 Å². The predicted octanol–water partition coefficient (Wildman–Crippen LogP) is 6.55. The minimum absolute atomic E-state index is 0.170. The quantitative estimate of drug-likeness (QED) is 0.195. The molecule has 0 saturated carbocycles. The molecule has 10 heteroatoms. The molecule has 0 saturated heterocycles. The van der Waals surface area contributed by atoms with Gasteiger partial charge in [-0.05, 0) is 53.8 Å². The number of hydrogen-bond acceptors (Lipinski definition) is 9. The van der Waals surface area contributed by atoms with Gasteiger partial charge in [0.15, 0.2) is 5.82 Å². The molecule has 10 nitrogen and oxygen atoms in total. The van der Waals surface area contributed by atoms with Crippen LogP contribution in [0.4, 0.5) is 5.82 Å². The zero-order chi connectivity index (χ0) is 31.5. The molecule has 1 atom stereocenters. The summed E-state index contributed by atoms with van der Waals surface area (Å²) in [7, 11) is 1.51. The average molecular weight is 608 g/mol. The van der Waals surface area contributed by atoms with Crippen LogP contribution in [0.3, 0.4) is 0 Å². The molecular weight excluding hydrogens is 578 g/mol. The Morgan fingerprint density at radius 2 is 1.59 bits per heavy atom. The molecule has 0 spiro atoms. The van der Waals surface area contributed by atoms with Crippen molar-refractivity contribution in [2.45, 2.75) is 19.6 Å². The van der Waals surface area contributed by atoms with Gasteiger partial charge in [0.2, 0.25) is 0 Å². The lowest BCUT2D eigenvalue weighted by Crippen LogP contribution is -2.26. The molecule has 0 aliphatic rings. The number of para-hydroxylation sites is 1. The molecule has 226 valence electrons. The van der Waals surface area contributed by atoms with Gasteiger partial charge in [0, 0.05) is 35.5 Å². The van der Waals surface area contributed by atoms with Crippen LogP contribution < -0.4 is 20.3 Å². The number of nitrogens with one attached hydrogen (secondary N) is 1. The van der Waals surface area contributed by atoms with Crippen molar-refractivity contribution in [1.29, 1.82) is 0 Å². The maximum absolute atomic E-state index is 14.5. The van der Waals surface area contributed by atoms with Gasteiger partial charge < -0.3 is 14.8 Å². The van der Waals surface area contributed by atoms with Crippen molar-refractivity contribution in [2.75, 3.05) is 12.4 Å². The van der Waals surface area contributed by atoms with Crippen LogP contribution >= 0.6 is 0 Å². The van der Waals surface area contributed by atoms with Crippen LogP contribution in [0.1, 0.15) is 24.2 Å². The number of ether oxygens (including phenoxy) is 2. The monoisotopic (exact) mass is 607 g/mol. The van der Waals surface area contributed by atoms with Gasteiger partial charge in [0.1, 0.15) is 12.1 Å². The van der Waals surface area contributed by atoms with Gasteiger partial charge in [-0.3, -0.25) is 14.3 Å². The second kappa shape index (κ2) is 12.4. The van der Waals surface area contributed by atoms with Gasteiger partial charge in [0.05, 0.1) is 24.1 Å². The second-order valence-electron chi connectivity index (χ2n) is 10.6. The van der Waals surface area contributed by atoms with Gasteiger partial charge in [-0.1, -0.05) is 66.7 Å². The number of nitrogens with zero attached hydrogens (tertiary/aromatic N) is 6. The first-order valence-corrected chi connectivity index (χ1v) is 14.8. The molecule has 3 aromatic carbocycles. The van der Waals surface area contributed by atoms with E-state index in [1.807, 2.05) is 104 Å². The summed E-state index contributed by atoms with van der Waals surface area (Å²) < 4.78 is 12.9. The summed E-state index contributed by atoms with van der Waals surface area (Å²) in [6, 6.07) is 31.0. The highest BCUT2D eigenvalue weighted by molar-refractivity contribution is 5.96. The van der Waals surface area contributed by atoms with Crippen molar-refractivity contribution >= 4 is 27.6 Å². The predicted molar refractivity (Wildman–Crippen MR) is 177 cm³/mol. The Hall–Kier alpha value is -6.16. The van der Waals surface area contributed by atoms with Crippen LogP contribution in [0.25, 0.3) is 38.6 Å². The lowest BCUT2D eigenvalue weighted by atomic mass is 9.99. The fraction of sp³-hybridized carbons (Fsp3) is 0.111. The van der Waals surface area contributed by atoms with E-state index in [9.17, 15) is 4.79 Å². The molecule has 7 rings (SSSR count). The Labute approximate surface area is 264 Å². The second-order valence-corrected chi connectivity index (χ2v) is 10.6. The minimum atomic E-state index is -0.382. The number of methoxy groups -OCH3 is 1. The first-order valence-electron chi connectivity index (χ1n) is 14.8. The Kier molecular flexibility index (Phi) is 7.74. The Morgan fingerprint density at radius 3 is 2.35 bits per heavy atom. The third-order valence-electron chi connectivity index (χ3n) is 7.65. The summed E-state index contributed by atoms with van der Waals surface area (Å²) in [5.41, 5.74) is 4.98. The molecule has 4 aromatic heterocycles. The number of pyridine rings is 2. The normalized spacial score (nSPS) is 11.8. The van der Waals surface area contributed by atoms with Crippen molar-refractivity contribution in [3.8, 4) is 28.8 Å². The maximum atomic E-state index is 14.5. The van der Waals surface area contributed by atoms with E-state index in [4.69, 9.17) is 14.5 Å². The van der Waals surface area contributed by atoms with Crippen LogP contribution in [0.15, 0.2) is 120 Å². The van der Waals surface area contributed by atoms with Crippen LogP contribution in [0.2, 0.25) is 0 Å². The van der Waals surface area contributed by atoms with E-state index in [-0.39, 0.29) is 23.6 Å². The summed E-state index contributed by atoms with van der Waals surface area (Å²) in [4.78, 5) is 36.9. The van der Waals surface area contributed by atoms with Crippen LogP contribution in [0.5, 0.6) is 12.0 Å². The fourth-order valence-electron chi connectivity index (χ4n) is 5.46. The van der Waals surface area contributed by atoms with Gasteiger partial charge in [-0.25, -0.2) is 9.97 Å². The van der Waals surface area contributed by atoms with Crippen molar-refractivity contribution in [2.24, 2.45) is 0 Å². The number of hydrogen-bond donors (Lipinski definition) is 1. The Balaban J connectivity index is 1.33. The van der Waals surface area contributed by atoms with E-state index >= 15 is 0 Å². The molecule has 0 bridgehead atoms. The lowest BCUT2D eigenvalue weighted by molar-refractivity contribution is 0.282. The molecule has 0 amide bonds. The van der Waals surface area contributed by atoms with Crippen molar-refractivity contribution in [1.82, 2.24) is 29.5 Å². The summed E-state index contributed by atoms with van der Waals surface area (Å²) in [6.45, 7) is 2.31. The molecule has 4 heterocycles. The summed E-state index contributed by atoms with van der Waals surface area (Å²) >= 11 is 0. The van der Waals surface area contributed by atoms with E-state index in [0.29, 0.717) is 34.4 Å². The largest absolute Gasteiger partial charge is 0.467 e. The highest BCUT2D eigenvalue weighted by atomic mass is 16.5. The number of benzene rings is 3. The van der Waals surface area contributed by atoms with Crippen molar-refractivity contribution < 1.29 is 9.47 Å². The number of rotatable bonds is 9. The zero-order valence-corrected chi connectivity index (χ0v) is 25.2. The van der Waals surface area contributed by atoms with E-state index in [2.05, 4.69) is 25.3 Å². The SMILES string of the molecule is COc1ncc(-c2cccc3cc([C@H](C)Nc4nc(OCc5ccccc5)nc5cccnc45)n(-c4ccccc4)c(=O)c23)cn1. The topological polar surface area (TPSA) is 117 Å². The zero-order valence-electron chi connectivity index (χ0n) is 25.2. The smallest absolute Gasteiger partial charge is 0.319 e. The van der Waals surface area contributed by atoms with E-state index < -0.39 is 0 Å². The van der Waals surface area contributed by atoms with Crippen molar-refractivity contribution in [3.05, 3.63) is 137 Å². The molecule has 0 radical (unpaired) electrons. The third kappa shape index (κ3) is 5.59. The number of anilines is 1. The minimum Gasteiger partial charge on any atom is -0.467 e. The van der Waals surface area contributed by atoms with Crippen LogP contribution in [-0.2, 0) is 6.61 Å². The van der Waals surface area contributed by atoms with Gasteiger partial charge >= 0.3 is 12.0 Å². The molecular formula is C36H29N7O3. The standard InChI is InChI=1S/C36H29N7O3/c1-23(40-33-32-29(17-10-18-37-32)41-36(42-33)46-22-24-11-5-3-6-12-24)30-19-25-13-9-16-28(26-20-38-35(45-2)39-21-26)31(25)34(44)43(30)27-14-7-4-8-15-27/h3-21,23H,22H2,1-2H3,(H,40,41,42)/t23-/m0/s1.